The van der Waals surface area contributed by atoms with Gasteiger partial charge in [-0.2, -0.15) is 10.5 Å². The Kier molecular flexibility index (Phi) is 8.24. The molecule has 3 heteroatoms. The number of aryl methyl sites for hydroxylation is 1. The van der Waals surface area contributed by atoms with E-state index in [-0.39, 0.29) is 5.56 Å². The average molecular weight is 346 g/mol. The molecule has 0 heterocycles. The predicted octanol–water partition coefficient (Wildman–Crippen LogP) is 6.52. The van der Waals surface area contributed by atoms with Gasteiger partial charge in [0.15, 0.2) is 0 Å². The van der Waals surface area contributed by atoms with Crippen LogP contribution in [0.25, 0.3) is 0 Å². The molecule has 0 aliphatic rings. The summed E-state index contributed by atoms with van der Waals surface area (Å²) in [6, 6.07) is 17.1. The van der Waals surface area contributed by atoms with Crippen molar-refractivity contribution in [3.8, 4) is 23.6 Å². The summed E-state index contributed by atoms with van der Waals surface area (Å²) in [7, 11) is 0. The molecule has 0 bridgehead atoms. The highest BCUT2D eigenvalue weighted by Gasteiger charge is 2.09. The summed E-state index contributed by atoms with van der Waals surface area (Å²) in [4.78, 5) is 0. The van der Waals surface area contributed by atoms with E-state index in [1.54, 1.807) is 18.2 Å². The summed E-state index contributed by atoms with van der Waals surface area (Å²) in [6.45, 7) is 2.24. The molecular formula is C23H26N2O. The zero-order valence-electron chi connectivity index (χ0n) is 15.5. The first-order valence-corrected chi connectivity index (χ1v) is 9.48. The zero-order valence-corrected chi connectivity index (χ0v) is 15.5. The van der Waals surface area contributed by atoms with E-state index in [0.29, 0.717) is 17.1 Å². The van der Waals surface area contributed by atoms with Crippen molar-refractivity contribution >= 4 is 0 Å². The van der Waals surface area contributed by atoms with Crippen LogP contribution in [-0.4, -0.2) is 0 Å². The molecule has 26 heavy (non-hydrogen) atoms. The van der Waals surface area contributed by atoms with Crippen LogP contribution in [0, 0.1) is 22.7 Å². The van der Waals surface area contributed by atoms with Gasteiger partial charge in [-0.05, 0) is 42.7 Å². The first-order chi connectivity index (χ1) is 12.8. The minimum Gasteiger partial charge on any atom is -0.456 e. The summed E-state index contributed by atoms with van der Waals surface area (Å²) in [5.41, 5.74) is 1.92. The molecule has 2 rings (SSSR count). The molecule has 0 saturated carbocycles. The van der Waals surface area contributed by atoms with Gasteiger partial charge in [-0.25, -0.2) is 0 Å². The maximum atomic E-state index is 9.26. The molecule has 134 valence electrons. The molecule has 0 fully saturated rings. The van der Waals surface area contributed by atoms with E-state index in [1.165, 1.54) is 50.5 Å². The normalized spacial score (nSPS) is 10.1. The van der Waals surface area contributed by atoms with Crippen LogP contribution >= 0.6 is 0 Å². The number of ether oxygens (including phenoxy) is 1. The largest absolute Gasteiger partial charge is 0.456 e. The van der Waals surface area contributed by atoms with Gasteiger partial charge in [0, 0.05) is 0 Å². The van der Waals surface area contributed by atoms with Crippen LogP contribution in [0.3, 0.4) is 0 Å². The molecule has 3 nitrogen and oxygen atoms in total. The first kappa shape index (κ1) is 19.5. The van der Waals surface area contributed by atoms with Crippen molar-refractivity contribution in [1.82, 2.24) is 0 Å². The Labute approximate surface area is 156 Å². The molecule has 0 amide bonds. The molecule has 0 N–H and O–H groups in total. The Hall–Kier alpha value is -2.78. The van der Waals surface area contributed by atoms with Crippen molar-refractivity contribution in [1.29, 1.82) is 10.5 Å². The fourth-order valence-corrected chi connectivity index (χ4v) is 2.96. The number of benzene rings is 2. The first-order valence-electron chi connectivity index (χ1n) is 9.48. The summed E-state index contributed by atoms with van der Waals surface area (Å²) >= 11 is 0. The van der Waals surface area contributed by atoms with Crippen LogP contribution in [0.5, 0.6) is 11.5 Å². The van der Waals surface area contributed by atoms with E-state index in [1.807, 2.05) is 18.2 Å². The van der Waals surface area contributed by atoms with Crippen molar-refractivity contribution in [2.75, 3.05) is 0 Å². The minimum atomic E-state index is 0.280. The highest BCUT2D eigenvalue weighted by atomic mass is 16.5. The third-order valence-electron chi connectivity index (χ3n) is 4.48. The van der Waals surface area contributed by atoms with Gasteiger partial charge in [-0.1, -0.05) is 63.6 Å². The molecule has 0 aliphatic heterocycles. The smallest absolute Gasteiger partial charge is 0.146 e. The van der Waals surface area contributed by atoms with Crippen molar-refractivity contribution in [2.45, 2.75) is 58.3 Å². The Bertz CT molecular complexity index is 766. The third-order valence-corrected chi connectivity index (χ3v) is 4.48. The Morgan fingerprint density at radius 3 is 2.15 bits per heavy atom. The number of nitrogens with zero attached hydrogens (tertiary/aromatic N) is 2. The van der Waals surface area contributed by atoms with Crippen LogP contribution < -0.4 is 4.74 Å². The van der Waals surface area contributed by atoms with Gasteiger partial charge in [-0.3, -0.25) is 0 Å². The second kappa shape index (κ2) is 11.0. The van der Waals surface area contributed by atoms with Crippen molar-refractivity contribution < 1.29 is 4.74 Å². The SMILES string of the molecule is CCCCCCCCCc1ccc(Oc2cccc(C#N)c2C#N)cc1. The van der Waals surface area contributed by atoms with E-state index >= 15 is 0 Å². The van der Waals surface area contributed by atoms with Crippen LogP contribution in [0.1, 0.15) is 68.6 Å². The second-order valence-electron chi connectivity index (χ2n) is 6.52. The van der Waals surface area contributed by atoms with Gasteiger partial charge in [0.25, 0.3) is 0 Å². The molecule has 0 atom stereocenters. The lowest BCUT2D eigenvalue weighted by Crippen LogP contribution is -1.92. The lowest BCUT2D eigenvalue weighted by Gasteiger charge is -2.09. The number of hydrogen-bond acceptors (Lipinski definition) is 3. The number of unbranched alkanes of at least 4 members (excludes halogenated alkanes) is 6. The molecule has 0 unspecified atom stereocenters. The highest BCUT2D eigenvalue weighted by molar-refractivity contribution is 5.55. The van der Waals surface area contributed by atoms with Gasteiger partial charge in [-0.15, -0.1) is 0 Å². The van der Waals surface area contributed by atoms with E-state index in [2.05, 4.69) is 25.1 Å². The van der Waals surface area contributed by atoms with E-state index < -0.39 is 0 Å². The molecule has 0 spiro atoms. The molecule has 0 aliphatic carbocycles. The maximum Gasteiger partial charge on any atom is 0.146 e. The number of nitriles is 2. The Balaban J connectivity index is 1.85. The maximum absolute atomic E-state index is 9.26. The zero-order chi connectivity index (χ0) is 18.6. The lowest BCUT2D eigenvalue weighted by molar-refractivity contribution is 0.480. The third kappa shape index (κ3) is 5.94. The van der Waals surface area contributed by atoms with Crippen molar-refractivity contribution in [3.05, 3.63) is 59.2 Å². The van der Waals surface area contributed by atoms with Gasteiger partial charge >= 0.3 is 0 Å². The van der Waals surface area contributed by atoms with Crippen molar-refractivity contribution in [3.63, 3.8) is 0 Å². The fourth-order valence-electron chi connectivity index (χ4n) is 2.96. The average Bonchev–Trinajstić information content (AvgIpc) is 2.68. The van der Waals surface area contributed by atoms with Crippen LogP contribution in [0.15, 0.2) is 42.5 Å². The van der Waals surface area contributed by atoms with Crippen LogP contribution in [-0.2, 0) is 6.42 Å². The second-order valence-corrected chi connectivity index (χ2v) is 6.52. The number of hydrogen-bond donors (Lipinski definition) is 0. The van der Waals surface area contributed by atoms with E-state index in [4.69, 9.17) is 10.00 Å². The van der Waals surface area contributed by atoms with Crippen LogP contribution in [0.2, 0.25) is 0 Å². The molecule has 0 saturated heterocycles. The lowest BCUT2D eigenvalue weighted by atomic mass is 10.0. The van der Waals surface area contributed by atoms with Crippen LogP contribution in [0.4, 0.5) is 0 Å². The summed E-state index contributed by atoms with van der Waals surface area (Å²) in [5, 5.41) is 18.3. The molecule has 2 aromatic rings. The standard InChI is InChI=1S/C23H26N2O/c1-2-3-4-5-6-7-8-10-19-13-15-21(16-14-19)26-23-12-9-11-20(17-24)22(23)18-25/h9,11-16H,2-8,10H2,1H3. The highest BCUT2D eigenvalue weighted by Crippen LogP contribution is 2.27. The fraction of sp³-hybridized carbons (Fsp3) is 0.391. The number of rotatable bonds is 10. The quantitative estimate of drug-likeness (QED) is 0.460. The van der Waals surface area contributed by atoms with Gasteiger partial charge in [0.2, 0.25) is 0 Å². The van der Waals surface area contributed by atoms with Gasteiger partial charge in [0.1, 0.15) is 29.2 Å². The molecule has 2 aromatic carbocycles. The summed E-state index contributed by atoms with van der Waals surface area (Å²) in [6.07, 6.45) is 10.3. The summed E-state index contributed by atoms with van der Waals surface area (Å²) < 4.78 is 5.80. The van der Waals surface area contributed by atoms with Crippen molar-refractivity contribution in [2.24, 2.45) is 0 Å². The van der Waals surface area contributed by atoms with E-state index in [0.717, 1.165) is 6.42 Å². The monoisotopic (exact) mass is 346 g/mol. The summed E-state index contributed by atoms with van der Waals surface area (Å²) in [5.74, 6) is 1.10. The Morgan fingerprint density at radius 1 is 0.808 bits per heavy atom. The topological polar surface area (TPSA) is 56.8 Å². The van der Waals surface area contributed by atoms with Gasteiger partial charge in [0.05, 0.1) is 5.56 Å². The molecule has 0 radical (unpaired) electrons. The Morgan fingerprint density at radius 2 is 1.50 bits per heavy atom. The minimum absolute atomic E-state index is 0.280. The molecule has 0 aromatic heterocycles. The van der Waals surface area contributed by atoms with Gasteiger partial charge < -0.3 is 4.74 Å². The van der Waals surface area contributed by atoms with E-state index in [9.17, 15) is 5.26 Å². The molecular weight excluding hydrogens is 320 g/mol. The predicted molar refractivity (Wildman–Crippen MR) is 104 cm³/mol.